The third-order valence-electron chi connectivity index (χ3n) is 3.04. The van der Waals surface area contributed by atoms with Gasteiger partial charge in [0.1, 0.15) is 5.01 Å². The number of para-hydroxylation sites is 1. The topological polar surface area (TPSA) is 82.0 Å². The Balaban J connectivity index is 2.03. The second-order valence-electron chi connectivity index (χ2n) is 4.43. The van der Waals surface area contributed by atoms with Crippen LogP contribution < -0.4 is 5.73 Å². The number of nitrogens with two attached hydrogens (primary N) is 1. The zero-order valence-electron chi connectivity index (χ0n) is 10.9. The maximum atomic E-state index is 11.1. The molecule has 0 aliphatic rings. The van der Waals surface area contributed by atoms with E-state index < -0.39 is 4.92 Å². The Morgan fingerprint density at radius 3 is 2.52 bits per heavy atom. The molecule has 5 nitrogen and oxygen atoms in total. The van der Waals surface area contributed by atoms with E-state index in [-0.39, 0.29) is 5.69 Å². The summed E-state index contributed by atoms with van der Waals surface area (Å²) in [4.78, 5) is 15.2. The molecule has 0 spiro atoms. The van der Waals surface area contributed by atoms with Crippen molar-refractivity contribution in [1.82, 2.24) is 4.98 Å². The minimum atomic E-state index is -0.391. The molecule has 0 fully saturated rings. The first-order valence-electron chi connectivity index (χ1n) is 6.20. The van der Waals surface area contributed by atoms with Crippen molar-refractivity contribution in [3.8, 4) is 21.8 Å². The summed E-state index contributed by atoms with van der Waals surface area (Å²) in [6.07, 6.45) is 0. The van der Waals surface area contributed by atoms with Crippen LogP contribution >= 0.6 is 11.3 Å². The van der Waals surface area contributed by atoms with Crippen LogP contribution in [-0.4, -0.2) is 9.91 Å². The SMILES string of the molecule is Nc1ccc(-c2nc(-c3ccccc3[N+](=O)[O-])cs2)cc1. The molecule has 0 bridgehead atoms. The van der Waals surface area contributed by atoms with Crippen molar-refractivity contribution in [3.63, 3.8) is 0 Å². The molecule has 0 atom stereocenters. The number of hydrogen-bond donors (Lipinski definition) is 1. The van der Waals surface area contributed by atoms with Gasteiger partial charge in [0.15, 0.2) is 0 Å². The molecule has 2 aromatic carbocycles. The summed E-state index contributed by atoms with van der Waals surface area (Å²) in [5.74, 6) is 0. The average molecular weight is 297 g/mol. The fourth-order valence-corrected chi connectivity index (χ4v) is 2.83. The van der Waals surface area contributed by atoms with Crippen molar-refractivity contribution in [3.05, 3.63) is 64.0 Å². The molecule has 3 rings (SSSR count). The molecule has 0 radical (unpaired) electrons. The second-order valence-corrected chi connectivity index (χ2v) is 5.29. The predicted octanol–water partition coefficient (Wildman–Crippen LogP) is 3.97. The zero-order valence-corrected chi connectivity index (χ0v) is 11.7. The van der Waals surface area contributed by atoms with Gasteiger partial charge < -0.3 is 5.73 Å². The Morgan fingerprint density at radius 2 is 1.81 bits per heavy atom. The highest BCUT2D eigenvalue weighted by molar-refractivity contribution is 7.13. The highest BCUT2D eigenvalue weighted by Crippen LogP contribution is 2.33. The number of nitrogens with zero attached hydrogens (tertiary/aromatic N) is 2. The number of rotatable bonds is 3. The maximum Gasteiger partial charge on any atom is 0.278 e. The van der Waals surface area contributed by atoms with Crippen LogP contribution in [0.15, 0.2) is 53.9 Å². The molecule has 0 saturated carbocycles. The second kappa shape index (κ2) is 5.34. The van der Waals surface area contributed by atoms with Crippen molar-refractivity contribution in [2.75, 3.05) is 5.73 Å². The van der Waals surface area contributed by atoms with E-state index in [1.165, 1.54) is 17.4 Å². The van der Waals surface area contributed by atoms with Crippen molar-refractivity contribution in [2.45, 2.75) is 0 Å². The summed E-state index contributed by atoms with van der Waals surface area (Å²) >= 11 is 1.45. The van der Waals surface area contributed by atoms with E-state index in [2.05, 4.69) is 4.98 Å². The van der Waals surface area contributed by atoms with E-state index in [1.54, 1.807) is 30.3 Å². The molecule has 0 saturated heterocycles. The Labute approximate surface area is 124 Å². The number of nitro benzene ring substituents is 1. The highest BCUT2D eigenvalue weighted by Gasteiger charge is 2.16. The van der Waals surface area contributed by atoms with Crippen molar-refractivity contribution >= 4 is 22.7 Å². The van der Waals surface area contributed by atoms with Gasteiger partial charge in [0.25, 0.3) is 5.69 Å². The normalized spacial score (nSPS) is 10.5. The molecule has 3 aromatic rings. The van der Waals surface area contributed by atoms with E-state index in [9.17, 15) is 10.1 Å². The molecule has 1 heterocycles. The van der Waals surface area contributed by atoms with Crippen molar-refractivity contribution in [2.24, 2.45) is 0 Å². The van der Waals surface area contributed by atoms with Gasteiger partial charge in [-0.05, 0) is 30.3 Å². The Bertz CT molecular complexity index is 797. The van der Waals surface area contributed by atoms with E-state index in [1.807, 2.05) is 17.5 Å². The van der Waals surface area contributed by atoms with Gasteiger partial charge in [-0.3, -0.25) is 10.1 Å². The minimum Gasteiger partial charge on any atom is -0.399 e. The first-order valence-corrected chi connectivity index (χ1v) is 7.08. The third-order valence-corrected chi connectivity index (χ3v) is 3.93. The predicted molar refractivity (Wildman–Crippen MR) is 84.1 cm³/mol. The quantitative estimate of drug-likeness (QED) is 0.450. The van der Waals surface area contributed by atoms with E-state index in [4.69, 9.17) is 5.73 Å². The fraction of sp³-hybridized carbons (Fsp3) is 0. The van der Waals surface area contributed by atoms with Gasteiger partial charge in [-0.1, -0.05) is 12.1 Å². The zero-order chi connectivity index (χ0) is 14.8. The van der Waals surface area contributed by atoms with Gasteiger partial charge in [0.2, 0.25) is 0 Å². The number of benzene rings is 2. The van der Waals surface area contributed by atoms with Gasteiger partial charge in [0.05, 0.1) is 16.2 Å². The molecule has 21 heavy (non-hydrogen) atoms. The minimum absolute atomic E-state index is 0.0617. The van der Waals surface area contributed by atoms with Crippen LogP contribution in [0.1, 0.15) is 0 Å². The standard InChI is InChI=1S/C15H11N3O2S/c16-11-7-5-10(6-8-11)15-17-13(9-21-15)12-3-1-2-4-14(12)18(19)20/h1-9H,16H2. The summed E-state index contributed by atoms with van der Waals surface area (Å²) in [6, 6.07) is 14.0. The number of aromatic nitrogens is 1. The lowest BCUT2D eigenvalue weighted by atomic mass is 10.1. The Morgan fingerprint density at radius 1 is 1.10 bits per heavy atom. The Kier molecular flexibility index (Phi) is 3.37. The van der Waals surface area contributed by atoms with E-state index in [0.29, 0.717) is 16.9 Å². The van der Waals surface area contributed by atoms with Crippen LogP contribution in [0.25, 0.3) is 21.8 Å². The fourth-order valence-electron chi connectivity index (χ4n) is 2.01. The number of hydrogen-bond acceptors (Lipinski definition) is 5. The van der Waals surface area contributed by atoms with Gasteiger partial charge >= 0.3 is 0 Å². The summed E-state index contributed by atoms with van der Waals surface area (Å²) < 4.78 is 0. The van der Waals surface area contributed by atoms with Crippen LogP contribution in [0.5, 0.6) is 0 Å². The third kappa shape index (κ3) is 2.61. The molecular formula is C15H11N3O2S. The van der Waals surface area contributed by atoms with Crippen molar-refractivity contribution < 1.29 is 4.92 Å². The highest BCUT2D eigenvalue weighted by atomic mass is 32.1. The van der Waals surface area contributed by atoms with E-state index >= 15 is 0 Å². The van der Waals surface area contributed by atoms with Crippen LogP contribution in [0.2, 0.25) is 0 Å². The number of thiazole rings is 1. The number of nitrogen functional groups attached to an aromatic ring is 1. The molecule has 0 amide bonds. The van der Waals surface area contributed by atoms with Gasteiger partial charge in [0, 0.05) is 22.7 Å². The molecule has 0 aliphatic carbocycles. The Hall–Kier alpha value is -2.73. The van der Waals surface area contributed by atoms with Crippen LogP contribution in [0.3, 0.4) is 0 Å². The van der Waals surface area contributed by atoms with Crippen molar-refractivity contribution in [1.29, 1.82) is 0 Å². The number of anilines is 1. The van der Waals surface area contributed by atoms with Gasteiger partial charge in [-0.2, -0.15) is 0 Å². The molecule has 104 valence electrons. The number of nitro groups is 1. The van der Waals surface area contributed by atoms with Gasteiger partial charge in [-0.15, -0.1) is 11.3 Å². The van der Waals surface area contributed by atoms with Crippen LogP contribution in [-0.2, 0) is 0 Å². The molecule has 1 aromatic heterocycles. The summed E-state index contributed by atoms with van der Waals surface area (Å²) in [5.41, 5.74) is 8.50. The van der Waals surface area contributed by atoms with Crippen LogP contribution in [0, 0.1) is 10.1 Å². The first-order chi connectivity index (χ1) is 10.1. The average Bonchev–Trinajstić information content (AvgIpc) is 2.97. The lowest BCUT2D eigenvalue weighted by Gasteiger charge is -1.99. The first kappa shape index (κ1) is 13.3. The van der Waals surface area contributed by atoms with E-state index in [0.717, 1.165) is 10.6 Å². The largest absolute Gasteiger partial charge is 0.399 e. The molecule has 0 unspecified atom stereocenters. The smallest absolute Gasteiger partial charge is 0.278 e. The molecule has 0 aliphatic heterocycles. The maximum absolute atomic E-state index is 11.1. The molecular weight excluding hydrogens is 286 g/mol. The summed E-state index contributed by atoms with van der Waals surface area (Å²) in [6.45, 7) is 0. The lowest BCUT2D eigenvalue weighted by Crippen LogP contribution is -1.91. The monoisotopic (exact) mass is 297 g/mol. The van der Waals surface area contributed by atoms with Gasteiger partial charge in [-0.25, -0.2) is 4.98 Å². The lowest BCUT2D eigenvalue weighted by molar-refractivity contribution is -0.384. The summed E-state index contributed by atoms with van der Waals surface area (Å²) in [5, 5.41) is 13.7. The summed E-state index contributed by atoms with van der Waals surface area (Å²) in [7, 11) is 0. The van der Waals surface area contributed by atoms with Crippen LogP contribution in [0.4, 0.5) is 11.4 Å². The molecule has 2 N–H and O–H groups in total. The molecule has 6 heteroatoms.